The van der Waals surface area contributed by atoms with Gasteiger partial charge >= 0.3 is 0 Å². The van der Waals surface area contributed by atoms with E-state index in [0.717, 1.165) is 38.2 Å². The predicted octanol–water partition coefficient (Wildman–Crippen LogP) is 4.85. The third-order valence-electron chi connectivity index (χ3n) is 6.04. The SMILES string of the molecule is COc1ccc(C(=O)N(CC(C)C)CC2CCN(Cc3ccccc3OC)CC2)cc1F. The number of likely N-dealkylation sites (tertiary alicyclic amines) is 1. The van der Waals surface area contributed by atoms with Gasteiger partial charge in [-0.2, -0.15) is 0 Å². The Balaban J connectivity index is 1.60. The lowest BCUT2D eigenvalue weighted by Gasteiger charge is -2.35. The molecule has 174 valence electrons. The van der Waals surface area contributed by atoms with Crippen molar-refractivity contribution in [2.45, 2.75) is 33.2 Å². The van der Waals surface area contributed by atoms with Gasteiger partial charge in [-0.05, 0) is 62.0 Å². The summed E-state index contributed by atoms with van der Waals surface area (Å²) in [6, 6.07) is 12.6. The molecular formula is C26H35FN2O3. The van der Waals surface area contributed by atoms with E-state index >= 15 is 0 Å². The number of carbonyl (C=O) groups is 1. The molecule has 1 aliphatic heterocycles. The molecule has 0 atom stereocenters. The molecule has 0 aromatic heterocycles. The summed E-state index contributed by atoms with van der Waals surface area (Å²) in [5.74, 6) is 1.24. The molecule has 5 nitrogen and oxygen atoms in total. The van der Waals surface area contributed by atoms with Crippen LogP contribution in [0.2, 0.25) is 0 Å². The van der Waals surface area contributed by atoms with Crippen LogP contribution in [0.1, 0.15) is 42.6 Å². The van der Waals surface area contributed by atoms with Crippen LogP contribution in [0.25, 0.3) is 0 Å². The van der Waals surface area contributed by atoms with Gasteiger partial charge in [-0.1, -0.05) is 32.0 Å². The number of piperidine rings is 1. The van der Waals surface area contributed by atoms with Gasteiger partial charge in [0.1, 0.15) is 5.75 Å². The maximum absolute atomic E-state index is 14.2. The normalized spacial score (nSPS) is 15.1. The molecular weight excluding hydrogens is 407 g/mol. The first-order chi connectivity index (χ1) is 15.4. The molecule has 1 amide bonds. The van der Waals surface area contributed by atoms with Gasteiger partial charge in [0.15, 0.2) is 11.6 Å². The second-order valence-corrected chi connectivity index (χ2v) is 8.98. The van der Waals surface area contributed by atoms with E-state index in [-0.39, 0.29) is 11.7 Å². The van der Waals surface area contributed by atoms with Crippen LogP contribution in [0.15, 0.2) is 42.5 Å². The molecule has 2 aromatic rings. The molecule has 3 rings (SSSR count). The lowest BCUT2D eigenvalue weighted by atomic mass is 9.95. The maximum atomic E-state index is 14.2. The summed E-state index contributed by atoms with van der Waals surface area (Å²) in [7, 11) is 3.13. The molecule has 1 fully saturated rings. The van der Waals surface area contributed by atoms with E-state index in [1.807, 2.05) is 23.1 Å². The summed E-state index contributed by atoms with van der Waals surface area (Å²) in [6.45, 7) is 8.42. The Labute approximate surface area is 191 Å². The van der Waals surface area contributed by atoms with Gasteiger partial charge < -0.3 is 14.4 Å². The van der Waals surface area contributed by atoms with Crippen molar-refractivity contribution in [3.05, 3.63) is 59.4 Å². The van der Waals surface area contributed by atoms with Crippen LogP contribution >= 0.6 is 0 Å². The van der Waals surface area contributed by atoms with Crippen LogP contribution < -0.4 is 9.47 Å². The molecule has 0 radical (unpaired) electrons. The highest BCUT2D eigenvalue weighted by molar-refractivity contribution is 5.94. The second-order valence-electron chi connectivity index (χ2n) is 8.98. The minimum absolute atomic E-state index is 0.114. The third-order valence-corrected chi connectivity index (χ3v) is 6.04. The number of carbonyl (C=O) groups excluding carboxylic acids is 1. The van der Waals surface area contributed by atoms with Crippen molar-refractivity contribution in [1.29, 1.82) is 0 Å². The molecule has 1 aliphatic rings. The first kappa shape index (κ1) is 24.1. The van der Waals surface area contributed by atoms with E-state index in [1.165, 1.54) is 24.8 Å². The van der Waals surface area contributed by atoms with E-state index in [1.54, 1.807) is 13.2 Å². The Morgan fingerprint density at radius 2 is 1.78 bits per heavy atom. The minimum Gasteiger partial charge on any atom is -0.496 e. The number of para-hydroxylation sites is 1. The van der Waals surface area contributed by atoms with Gasteiger partial charge in [-0.3, -0.25) is 9.69 Å². The lowest BCUT2D eigenvalue weighted by molar-refractivity contribution is 0.0662. The predicted molar refractivity (Wildman–Crippen MR) is 125 cm³/mol. The fourth-order valence-corrected chi connectivity index (χ4v) is 4.38. The molecule has 0 aliphatic carbocycles. The van der Waals surface area contributed by atoms with Crippen LogP contribution in [0.5, 0.6) is 11.5 Å². The molecule has 32 heavy (non-hydrogen) atoms. The van der Waals surface area contributed by atoms with E-state index < -0.39 is 5.82 Å². The van der Waals surface area contributed by atoms with Crippen molar-refractivity contribution in [1.82, 2.24) is 9.80 Å². The van der Waals surface area contributed by atoms with Gasteiger partial charge in [-0.15, -0.1) is 0 Å². The second kappa shape index (κ2) is 11.3. The number of methoxy groups -OCH3 is 2. The zero-order chi connectivity index (χ0) is 23.1. The third kappa shape index (κ3) is 6.22. The summed E-state index contributed by atoms with van der Waals surface area (Å²) in [6.07, 6.45) is 2.07. The Kier molecular flexibility index (Phi) is 8.51. The van der Waals surface area contributed by atoms with Crippen LogP contribution in [0, 0.1) is 17.7 Å². The molecule has 0 N–H and O–H groups in total. The number of halogens is 1. The largest absolute Gasteiger partial charge is 0.496 e. The van der Waals surface area contributed by atoms with Gasteiger partial charge in [0, 0.05) is 30.8 Å². The van der Waals surface area contributed by atoms with Crippen LogP contribution in [0.3, 0.4) is 0 Å². The number of amides is 1. The Morgan fingerprint density at radius 3 is 2.41 bits per heavy atom. The molecule has 1 saturated heterocycles. The summed E-state index contributed by atoms with van der Waals surface area (Å²) in [5, 5.41) is 0. The fourth-order valence-electron chi connectivity index (χ4n) is 4.38. The highest BCUT2D eigenvalue weighted by Gasteiger charge is 2.26. The van der Waals surface area contributed by atoms with Gasteiger partial charge in [-0.25, -0.2) is 4.39 Å². The zero-order valence-corrected chi connectivity index (χ0v) is 19.6. The maximum Gasteiger partial charge on any atom is 0.253 e. The number of hydrogen-bond donors (Lipinski definition) is 0. The van der Waals surface area contributed by atoms with Crippen molar-refractivity contribution >= 4 is 5.91 Å². The molecule has 6 heteroatoms. The Hall–Kier alpha value is -2.60. The lowest BCUT2D eigenvalue weighted by Crippen LogP contribution is -2.42. The van der Waals surface area contributed by atoms with Crippen molar-refractivity contribution in [3.63, 3.8) is 0 Å². The number of ether oxygens (including phenoxy) is 2. The van der Waals surface area contributed by atoms with Crippen molar-refractivity contribution in [2.75, 3.05) is 40.4 Å². The van der Waals surface area contributed by atoms with Crippen molar-refractivity contribution < 1.29 is 18.7 Å². The fraction of sp³-hybridized carbons (Fsp3) is 0.500. The highest BCUT2D eigenvalue weighted by atomic mass is 19.1. The topological polar surface area (TPSA) is 42.0 Å². The minimum atomic E-state index is -0.507. The standard InChI is InChI=1S/C26H35FN2O3/c1-19(2)16-29(26(30)21-9-10-25(32-4)23(27)15-21)17-20-11-13-28(14-12-20)18-22-7-5-6-8-24(22)31-3/h5-10,15,19-20H,11-14,16-18H2,1-4H3. The molecule has 1 heterocycles. The molecule has 0 unspecified atom stereocenters. The highest BCUT2D eigenvalue weighted by Crippen LogP contribution is 2.25. The summed E-state index contributed by atoms with van der Waals surface area (Å²) in [4.78, 5) is 17.5. The Bertz CT molecular complexity index is 894. The van der Waals surface area contributed by atoms with E-state index in [9.17, 15) is 9.18 Å². The van der Waals surface area contributed by atoms with Gasteiger partial charge in [0.05, 0.1) is 14.2 Å². The molecule has 0 spiro atoms. The quantitative estimate of drug-likeness (QED) is 0.557. The number of rotatable bonds is 9. The van der Waals surface area contributed by atoms with Crippen LogP contribution in [-0.2, 0) is 6.54 Å². The average molecular weight is 443 g/mol. The Morgan fingerprint density at radius 1 is 1.09 bits per heavy atom. The van der Waals surface area contributed by atoms with Gasteiger partial charge in [0.2, 0.25) is 0 Å². The van der Waals surface area contributed by atoms with Gasteiger partial charge in [0.25, 0.3) is 5.91 Å². The number of nitrogens with zero attached hydrogens (tertiary/aromatic N) is 2. The first-order valence-electron chi connectivity index (χ1n) is 11.4. The molecule has 2 aromatic carbocycles. The number of benzene rings is 2. The van der Waals surface area contributed by atoms with Crippen molar-refractivity contribution in [2.24, 2.45) is 11.8 Å². The van der Waals surface area contributed by atoms with E-state index in [4.69, 9.17) is 9.47 Å². The zero-order valence-electron chi connectivity index (χ0n) is 19.6. The summed E-state index contributed by atoms with van der Waals surface area (Å²) in [5.41, 5.74) is 1.57. The molecule has 0 saturated carbocycles. The van der Waals surface area contributed by atoms with Crippen molar-refractivity contribution in [3.8, 4) is 11.5 Å². The average Bonchev–Trinajstić information content (AvgIpc) is 2.79. The van der Waals surface area contributed by atoms with Crippen LogP contribution in [-0.4, -0.2) is 56.1 Å². The summed E-state index contributed by atoms with van der Waals surface area (Å²) >= 11 is 0. The summed E-state index contributed by atoms with van der Waals surface area (Å²) < 4.78 is 24.6. The monoisotopic (exact) mass is 442 g/mol. The van der Waals surface area contributed by atoms with Crippen LogP contribution in [0.4, 0.5) is 4.39 Å². The number of hydrogen-bond acceptors (Lipinski definition) is 4. The smallest absolute Gasteiger partial charge is 0.253 e. The molecule has 0 bridgehead atoms. The first-order valence-corrected chi connectivity index (χ1v) is 11.4. The van der Waals surface area contributed by atoms with E-state index in [0.29, 0.717) is 30.5 Å². The van der Waals surface area contributed by atoms with E-state index in [2.05, 4.69) is 24.8 Å².